The first-order valence-corrected chi connectivity index (χ1v) is 14.1. The fourth-order valence-corrected chi connectivity index (χ4v) is 5.48. The maximum atomic E-state index is 9.94. The van der Waals surface area contributed by atoms with Crippen LogP contribution in [-0.4, -0.2) is 19.6 Å². The van der Waals surface area contributed by atoms with E-state index in [0.717, 1.165) is 16.8 Å². The molecule has 0 aliphatic rings. The van der Waals surface area contributed by atoms with E-state index in [1.54, 1.807) is 42.5 Å². The third kappa shape index (κ3) is 5.97. The molecule has 0 saturated carbocycles. The Morgan fingerprint density at radius 3 is 2.37 bits per heavy atom. The zero-order valence-electron chi connectivity index (χ0n) is 27.5. The third-order valence-corrected chi connectivity index (χ3v) is 7.56. The number of hydrogen-bond acceptors (Lipinski definition) is 3. The zero-order chi connectivity index (χ0) is 31.9. The van der Waals surface area contributed by atoms with Crippen molar-refractivity contribution in [2.24, 2.45) is 6.98 Å². The molecule has 7 aromatic rings. The van der Waals surface area contributed by atoms with Crippen LogP contribution in [0, 0.1) is 19.9 Å². The first-order chi connectivity index (χ1) is 21.5. The van der Waals surface area contributed by atoms with Gasteiger partial charge in [0.15, 0.2) is 0 Å². The molecule has 1 radical (unpaired) electrons. The number of imidazole rings is 1. The van der Waals surface area contributed by atoms with E-state index >= 15 is 0 Å². The first-order valence-electron chi connectivity index (χ1n) is 15.6. The van der Waals surface area contributed by atoms with Gasteiger partial charge in [-0.05, 0) is 69.1 Å². The third-order valence-electron chi connectivity index (χ3n) is 7.56. The van der Waals surface area contributed by atoms with Crippen LogP contribution in [0.4, 0.5) is 0 Å². The second kappa shape index (κ2) is 12.5. The largest absolute Gasteiger partial charge is 0.507 e. The summed E-state index contributed by atoms with van der Waals surface area (Å²) in [5.41, 5.74) is 7.36. The maximum absolute atomic E-state index is 9.94. The topological polar surface area (TPSA) is 50.9 Å². The molecule has 0 unspecified atom stereocenters. The van der Waals surface area contributed by atoms with Crippen molar-refractivity contribution in [1.29, 1.82) is 0 Å². The van der Waals surface area contributed by atoms with Crippen LogP contribution in [0.15, 0.2) is 103 Å². The molecular weight excluding hydrogens is 707 g/mol. The first kappa shape index (κ1) is 26.3. The van der Waals surface area contributed by atoms with E-state index < -0.39 is 6.98 Å². The number of pyridine rings is 1. The SMILES string of the molecule is Cc1[c-]c(-c2nccc3c2ccc2cc(C(C)C)ccc23)cc(C)c1.[2H]C([2H])([2H])n1c(-c2ccccc2O)nc2ccccc21.[Ir]. The van der Waals surface area contributed by atoms with Crippen molar-refractivity contribution in [1.82, 2.24) is 14.5 Å². The van der Waals surface area contributed by atoms with Crippen molar-refractivity contribution in [2.45, 2.75) is 33.6 Å². The summed E-state index contributed by atoms with van der Waals surface area (Å²) in [7, 11) is 0. The van der Waals surface area contributed by atoms with Gasteiger partial charge < -0.3 is 14.7 Å². The summed E-state index contributed by atoms with van der Waals surface area (Å²) in [4.78, 5) is 9.03. The second-order valence-electron chi connectivity index (χ2n) is 11.0. The van der Waals surface area contributed by atoms with Crippen molar-refractivity contribution in [3.05, 3.63) is 126 Å². The molecule has 0 atom stereocenters. The van der Waals surface area contributed by atoms with Crippen LogP contribution in [-0.2, 0) is 27.1 Å². The van der Waals surface area contributed by atoms with Gasteiger partial charge in [0, 0.05) is 37.4 Å². The van der Waals surface area contributed by atoms with E-state index in [0.29, 0.717) is 22.5 Å². The quantitative estimate of drug-likeness (QED) is 0.145. The number of aryl methyl sites for hydroxylation is 3. The number of hydrogen-bond donors (Lipinski definition) is 1. The van der Waals surface area contributed by atoms with Gasteiger partial charge in [0.05, 0.1) is 16.6 Å². The molecule has 5 heteroatoms. The minimum Gasteiger partial charge on any atom is -0.507 e. The molecule has 4 nitrogen and oxygen atoms in total. The van der Waals surface area contributed by atoms with Gasteiger partial charge >= 0.3 is 0 Å². The predicted molar refractivity (Wildman–Crippen MR) is 175 cm³/mol. The molecule has 0 aliphatic carbocycles. The van der Waals surface area contributed by atoms with Crippen LogP contribution < -0.4 is 0 Å². The number of rotatable bonds is 3. The van der Waals surface area contributed by atoms with Crippen molar-refractivity contribution < 1.29 is 29.3 Å². The number of aromatic nitrogens is 3. The minimum absolute atomic E-state index is 0. The molecule has 43 heavy (non-hydrogen) atoms. The maximum Gasteiger partial charge on any atom is 0.144 e. The molecule has 2 heterocycles. The van der Waals surface area contributed by atoms with Gasteiger partial charge in [-0.1, -0.05) is 82.3 Å². The Morgan fingerprint density at radius 2 is 1.60 bits per heavy atom. The van der Waals surface area contributed by atoms with Gasteiger partial charge in [-0.25, -0.2) is 4.98 Å². The normalized spacial score (nSPS) is 12.3. The van der Waals surface area contributed by atoms with Crippen LogP contribution in [0.5, 0.6) is 5.75 Å². The number of nitrogens with zero attached hydrogens (tertiary/aromatic N) is 3. The molecule has 1 N–H and O–H groups in total. The Morgan fingerprint density at radius 1 is 0.837 bits per heavy atom. The zero-order valence-corrected chi connectivity index (χ0v) is 26.9. The number of aromatic hydroxyl groups is 1. The fraction of sp³-hybridized carbons (Fsp3) is 0.158. The van der Waals surface area contributed by atoms with Gasteiger partial charge in [-0.15, -0.1) is 34.9 Å². The Bertz CT molecular complexity index is 2170. The monoisotopic (exact) mass is 744 g/mol. The summed E-state index contributed by atoms with van der Waals surface area (Å²) in [5, 5.41) is 15.0. The van der Waals surface area contributed by atoms with Gasteiger partial charge in [0.1, 0.15) is 11.6 Å². The Labute approximate surface area is 270 Å². The molecule has 0 aliphatic heterocycles. The molecule has 0 fully saturated rings. The molecule has 5 aromatic carbocycles. The van der Waals surface area contributed by atoms with Gasteiger partial charge in [-0.2, -0.15) is 0 Å². The summed E-state index contributed by atoms with van der Waals surface area (Å²) >= 11 is 0. The predicted octanol–water partition coefficient (Wildman–Crippen LogP) is 9.54. The summed E-state index contributed by atoms with van der Waals surface area (Å²) in [6.45, 7) is 6.32. The van der Waals surface area contributed by atoms with Crippen molar-refractivity contribution in [3.63, 3.8) is 0 Å². The Kier molecular flexibility index (Phi) is 7.66. The molecule has 0 saturated heterocycles. The molecule has 7 rings (SSSR count). The summed E-state index contributed by atoms with van der Waals surface area (Å²) in [6.07, 6.45) is 1.92. The number of fused-ring (bicyclic) bond motifs is 4. The smallest absolute Gasteiger partial charge is 0.144 e. The van der Waals surface area contributed by atoms with E-state index in [1.807, 2.05) is 6.20 Å². The number of phenols is 1. The molecular formula is C38H34IrN3O-. The fourth-order valence-electron chi connectivity index (χ4n) is 5.48. The summed E-state index contributed by atoms with van der Waals surface area (Å²) in [5.74, 6) is 0.788. The van der Waals surface area contributed by atoms with Crippen LogP contribution in [0.25, 0.3) is 55.2 Å². The average Bonchev–Trinajstić information content (AvgIpc) is 3.40. The molecule has 0 spiro atoms. The van der Waals surface area contributed by atoms with E-state index in [9.17, 15) is 5.11 Å². The average molecular weight is 744 g/mol. The molecule has 2 aromatic heterocycles. The van der Waals surface area contributed by atoms with E-state index in [4.69, 9.17) is 4.11 Å². The van der Waals surface area contributed by atoms with Crippen molar-refractivity contribution in [2.75, 3.05) is 0 Å². The number of para-hydroxylation sites is 3. The van der Waals surface area contributed by atoms with E-state index in [1.165, 1.54) is 43.3 Å². The molecule has 217 valence electrons. The van der Waals surface area contributed by atoms with E-state index in [2.05, 4.69) is 92.3 Å². The van der Waals surface area contributed by atoms with Crippen LogP contribution in [0.3, 0.4) is 0 Å². The summed E-state index contributed by atoms with van der Waals surface area (Å²) in [6, 6.07) is 34.7. The number of benzene rings is 5. The van der Waals surface area contributed by atoms with Gasteiger partial charge in [0.25, 0.3) is 0 Å². The van der Waals surface area contributed by atoms with Crippen LogP contribution in [0.2, 0.25) is 0 Å². The van der Waals surface area contributed by atoms with Crippen molar-refractivity contribution >= 4 is 32.6 Å². The second-order valence-corrected chi connectivity index (χ2v) is 11.0. The van der Waals surface area contributed by atoms with Crippen LogP contribution in [0.1, 0.15) is 40.6 Å². The van der Waals surface area contributed by atoms with Crippen LogP contribution >= 0.6 is 0 Å². The number of phenolic OH excluding ortho intramolecular Hbond substituents is 1. The summed E-state index contributed by atoms with van der Waals surface area (Å²) < 4.78 is 24.3. The van der Waals surface area contributed by atoms with Gasteiger partial charge in [0.2, 0.25) is 0 Å². The minimum atomic E-state index is -2.37. The van der Waals surface area contributed by atoms with E-state index in [-0.39, 0.29) is 31.7 Å². The molecule has 0 amide bonds. The van der Waals surface area contributed by atoms with Crippen molar-refractivity contribution in [3.8, 4) is 28.4 Å². The molecule has 0 bridgehead atoms. The standard InChI is InChI=1S/C24H22N.C14H12N2O.Ir/c1-15(2)18-5-7-21-19(14-18)6-8-23-22(21)9-10-25-24(23)20-12-16(3)11-17(4)13-20;1-16-12-8-4-3-7-11(12)15-14(16)10-6-2-5-9-13(10)17;/h5-12,14-15H,1-4H3;2-9,17H,1H3;/q-1;;/i;1D3;. The Balaban J connectivity index is 0.000000182. The Hall–Kier alpha value is -4.31. The van der Waals surface area contributed by atoms with Gasteiger partial charge in [-0.3, -0.25) is 0 Å².